The second kappa shape index (κ2) is 9.01. The van der Waals surface area contributed by atoms with Gasteiger partial charge in [-0.2, -0.15) is 4.31 Å². The Morgan fingerprint density at radius 3 is 2.33 bits per heavy atom. The Hall–Kier alpha value is -2.38. The summed E-state index contributed by atoms with van der Waals surface area (Å²) in [5.74, 6) is 0.172. The second-order valence-electron chi connectivity index (χ2n) is 6.27. The molecule has 6 nitrogen and oxygen atoms in total. The molecule has 0 radical (unpaired) electrons. The third-order valence-corrected chi connectivity index (χ3v) is 6.34. The minimum Gasteiger partial charge on any atom is -0.490 e. The number of carbonyl (C=O) groups excluding carboxylic acids is 1. The maximum atomic E-state index is 12.9. The molecule has 0 bridgehead atoms. The molecule has 0 aromatic heterocycles. The molecular formula is C20H23NO5S. The summed E-state index contributed by atoms with van der Waals surface area (Å²) in [7, 11) is -3.73. The molecule has 0 N–H and O–H groups in total. The number of ether oxygens (including phenoxy) is 2. The quantitative estimate of drug-likeness (QED) is 0.538. The normalized spacial score (nSPS) is 18.0. The summed E-state index contributed by atoms with van der Waals surface area (Å²) in [5, 5.41) is 0. The monoisotopic (exact) mass is 389 g/mol. The summed E-state index contributed by atoms with van der Waals surface area (Å²) >= 11 is 0. The van der Waals surface area contributed by atoms with E-state index in [1.165, 1.54) is 4.31 Å². The molecule has 7 heteroatoms. The van der Waals surface area contributed by atoms with Crippen molar-refractivity contribution in [2.45, 2.75) is 30.2 Å². The van der Waals surface area contributed by atoms with Crippen LogP contribution in [0, 0.1) is 0 Å². The molecule has 0 saturated carbocycles. The van der Waals surface area contributed by atoms with Crippen LogP contribution < -0.4 is 4.74 Å². The van der Waals surface area contributed by atoms with Gasteiger partial charge in [0.1, 0.15) is 25.0 Å². The van der Waals surface area contributed by atoms with Crippen molar-refractivity contribution >= 4 is 16.0 Å². The third kappa shape index (κ3) is 4.87. The lowest BCUT2D eigenvalue weighted by Crippen LogP contribution is -2.48. The largest absolute Gasteiger partial charge is 0.490 e. The second-order valence-corrected chi connectivity index (χ2v) is 8.16. The average molecular weight is 389 g/mol. The molecule has 0 spiro atoms. The van der Waals surface area contributed by atoms with Crippen molar-refractivity contribution in [2.75, 3.05) is 19.8 Å². The summed E-state index contributed by atoms with van der Waals surface area (Å²) in [6, 6.07) is 16.6. The zero-order valence-electron chi connectivity index (χ0n) is 15.0. The van der Waals surface area contributed by atoms with E-state index in [4.69, 9.17) is 9.47 Å². The van der Waals surface area contributed by atoms with Crippen LogP contribution in [0.3, 0.4) is 0 Å². The molecule has 1 aliphatic heterocycles. The molecule has 1 aliphatic rings. The first-order valence-corrected chi connectivity index (χ1v) is 10.4. The fourth-order valence-electron chi connectivity index (χ4n) is 3.07. The van der Waals surface area contributed by atoms with Crippen LogP contribution in [0.25, 0.3) is 0 Å². The van der Waals surface area contributed by atoms with Crippen LogP contribution in [0.2, 0.25) is 0 Å². The number of esters is 1. The van der Waals surface area contributed by atoms with Gasteiger partial charge in [-0.25, -0.2) is 8.42 Å². The highest BCUT2D eigenvalue weighted by molar-refractivity contribution is 7.89. The lowest BCUT2D eigenvalue weighted by molar-refractivity contribution is -0.149. The molecule has 1 unspecified atom stereocenters. The van der Waals surface area contributed by atoms with E-state index in [0.29, 0.717) is 18.7 Å². The first-order valence-electron chi connectivity index (χ1n) is 9.00. The predicted molar refractivity (Wildman–Crippen MR) is 101 cm³/mol. The van der Waals surface area contributed by atoms with Gasteiger partial charge in [0.15, 0.2) is 0 Å². The van der Waals surface area contributed by atoms with E-state index < -0.39 is 22.0 Å². The van der Waals surface area contributed by atoms with Gasteiger partial charge in [-0.3, -0.25) is 4.79 Å². The number of rotatable bonds is 7. The SMILES string of the molecule is O=C(OCCOc1ccccc1)C1CCCCN1S(=O)(=O)c1ccccc1. The number of hydrogen-bond donors (Lipinski definition) is 0. The highest BCUT2D eigenvalue weighted by Crippen LogP contribution is 2.26. The average Bonchev–Trinajstić information content (AvgIpc) is 2.72. The van der Waals surface area contributed by atoms with E-state index in [0.717, 1.165) is 12.8 Å². The molecular weight excluding hydrogens is 366 g/mol. The molecule has 2 aromatic carbocycles. The van der Waals surface area contributed by atoms with Crippen LogP contribution in [0.15, 0.2) is 65.6 Å². The first kappa shape index (κ1) is 19.4. The molecule has 1 saturated heterocycles. The Kier molecular flexibility index (Phi) is 6.47. The zero-order chi connectivity index (χ0) is 19.1. The highest BCUT2D eigenvalue weighted by Gasteiger charge is 2.38. The van der Waals surface area contributed by atoms with Crippen molar-refractivity contribution < 1.29 is 22.7 Å². The lowest BCUT2D eigenvalue weighted by Gasteiger charge is -2.33. The van der Waals surface area contributed by atoms with Gasteiger partial charge in [-0.15, -0.1) is 0 Å². The van der Waals surface area contributed by atoms with Crippen molar-refractivity contribution in [3.8, 4) is 5.75 Å². The predicted octanol–water partition coefficient (Wildman–Crippen LogP) is 2.85. The number of carbonyl (C=O) groups is 1. The van der Waals surface area contributed by atoms with E-state index in [1.54, 1.807) is 30.3 Å². The Bertz CT molecular complexity index is 839. The van der Waals surface area contributed by atoms with E-state index in [9.17, 15) is 13.2 Å². The van der Waals surface area contributed by atoms with Crippen molar-refractivity contribution in [1.82, 2.24) is 4.31 Å². The standard InChI is InChI=1S/C20H23NO5S/c22-20(26-16-15-25-17-9-3-1-4-10-17)19-13-7-8-14-21(19)27(23,24)18-11-5-2-6-12-18/h1-6,9-12,19H,7-8,13-16H2. The van der Waals surface area contributed by atoms with E-state index in [1.807, 2.05) is 30.3 Å². The third-order valence-electron chi connectivity index (χ3n) is 4.42. The molecule has 3 rings (SSSR count). The summed E-state index contributed by atoms with van der Waals surface area (Å²) in [4.78, 5) is 12.7. The Balaban J connectivity index is 1.60. The zero-order valence-corrected chi connectivity index (χ0v) is 15.8. The lowest BCUT2D eigenvalue weighted by atomic mass is 10.1. The first-order chi connectivity index (χ1) is 13.1. The summed E-state index contributed by atoms with van der Waals surface area (Å²) in [6.45, 7) is 0.606. The minimum atomic E-state index is -3.73. The van der Waals surface area contributed by atoms with Gasteiger partial charge in [-0.1, -0.05) is 36.4 Å². The molecule has 27 heavy (non-hydrogen) atoms. The maximum Gasteiger partial charge on any atom is 0.324 e. The van der Waals surface area contributed by atoms with E-state index in [2.05, 4.69) is 0 Å². The van der Waals surface area contributed by atoms with E-state index >= 15 is 0 Å². The van der Waals surface area contributed by atoms with Crippen molar-refractivity contribution in [1.29, 1.82) is 0 Å². The van der Waals surface area contributed by atoms with Crippen LogP contribution in [0.1, 0.15) is 19.3 Å². The number of hydrogen-bond acceptors (Lipinski definition) is 5. The van der Waals surface area contributed by atoms with Gasteiger partial charge < -0.3 is 9.47 Å². The van der Waals surface area contributed by atoms with Crippen LogP contribution in [-0.4, -0.2) is 44.5 Å². The summed E-state index contributed by atoms with van der Waals surface area (Å²) in [5.41, 5.74) is 0. The number of nitrogens with zero attached hydrogens (tertiary/aromatic N) is 1. The molecule has 1 fully saturated rings. The van der Waals surface area contributed by atoms with Crippen LogP contribution in [-0.2, 0) is 19.6 Å². The van der Waals surface area contributed by atoms with Gasteiger partial charge in [0.25, 0.3) is 0 Å². The number of benzene rings is 2. The number of sulfonamides is 1. The topological polar surface area (TPSA) is 72.9 Å². The van der Waals surface area contributed by atoms with Crippen molar-refractivity contribution in [2.24, 2.45) is 0 Å². The smallest absolute Gasteiger partial charge is 0.324 e. The molecule has 144 valence electrons. The fraction of sp³-hybridized carbons (Fsp3) is 0.350. The van der Waals surface area contributed by atoms with Crippen LogP contribution in [0.5, 0.6) is 5.75 Å². The van der Waals surface area contributed by atoms with Crippen LogP contribution in [0.4, 0.5) is 0 Å². The number of piperidine rings is 1. The molecule has 1 atom stereocenters. The van der Waals surface area contributed by atoms with E-state index in [-0.39, 0.29) is 18.1 Å². The Labute approximate surface area is 159 Å². The van der Waals surface area contributed by atoms with Gasteiger partial charge >= 0.3 is 5.97 Å². The molecule has 2 aromatic rings. The van der Waals surface area contributed by atoms with Gasteiger partial charge in [0.2, 0.25) is 10.0 Å². The summed E-state index contributed by atoms with van der Waals surface area (Å²) in [6.07, 6.45) is 1.98. The van der Waals surface area contributed by atoms with Gasteiger partial charge in [0, 0.05) is 6.54 Å². The van der Waals surface area contributed by atoms with Gasteiger partial charge in [0.05, 0.1) is 4.90 Å². The summed E-state index contributed by atoms with van der Waals surface area (Å²) < 4.78 is 37.9. The van der Waals surface area contributed by atoms with Crippen molar-refractivity contribution in [3.05, 3.63) is 60.7 Å². The Morgan fingerprint density at radius 1 is 0.963 bits per heavy atom. The van der Waals surface area contributed by atoms with Crippen molar-refractivity contribution in [3.63, 3.8) is 0 Å². The minimum absolute atomic E-state index is 0.0729. The molecule has 0 aliphatic carbocycles. The Morgan fingerprint density at radius 2 is 1.63 bits per heavy atom. The van der Waals surface area contributed by atoms with Gasteiger partial charge in [-0.05, 0) is 43.5 Å². The molecule has 0 amide bonds. The fourth-order valence-corrected chi connectivity index (χ4v) is 4.74. The maximum absolute atomic E-state index is 12.9. The number of para-hydroxylation sites is 1. The van der Waals surface area contributed by atoms with Crippen LogP contribution >= 0.6 is 0 Å². The highest BCUT2D eigenvalue weighted by atomic mass is 32.2. The molecule has 1 heterocycles.